The van der Waals surface area contributed by atoms with Gasteiger partial charge in [0.2, 0.25) is 5.91 Å². The molecule has 0 bridgehead atoms. The average molecular weight is 246 g/mol. The van der Waals surface area contributed by atoms with Crippen molar-refractivity contribution in [2.45, 2.75) is 38.3 Å². The Hall–Kier alpha value is -1.35. The molecule has 1 saturated heterocycles. The Labute approximate surface area is 109 Å². The van der Waals surface area contributed by atoms with Crippen molar-refractivity contribution in [1.29, 1.82) is 0 Å². The minimum atomic E-state index is -0.318. The topological polar surface area (TPSA) is 32.3 Å². The Morgan fingerprint density at radius 1 is 1.33 bits per heavy atom. The molecular weight excluding hydrogens is 224 g/mol. The molecule has 3 heteroatoms. The van der Waals surface area contributed by atoms with E-state index in [0.717, 1.165) is 24.9 Å². The maximum Gasteiger partial charge on any atom is 0.238 e. The molecule has 1 amide bonds. The molecule has 0 radical (unpaired) electrons. The van der Waals surface area contributed by atoms with Gasteiger partial charge in [0, 0.05) is 0 Å². The fourth-order valence-corrected chi connectivity index (χ4v) is 2.56. The van der Waals surface area contributed by atoms with Gasteiger partial charge in [-0.15, -0.1) is 0 Å². The van der Waals surface area contributed by atoms with Gasteiger partial charge < -0.3 is 5.32 Å². The van der Waals surface area contributed by atoms with Crippen molar-refractivity contribution in [1.82, 2.24) is 10.2 Å². The molecule has 18 heavy (non-hydrogen) atoms. The van der Waals surface area contributed by atoms with Crippen LogP contribution in [0.5, 0.6) is 0 Å². The summed E-state index contributed by atoms with van der Waals surface area (Å²) in [5, 5.41) is 3.16. The molecule has 0 aliphatic carbocycles. The van der Waals surface area contributed by atoms with Crippen LogP contribution in [0.1, 0.15) is 32.3 Å². The molecule has 0 spiro atoms. The average Bonchev–Trinajstić information content (AvgIpc) is 2.76. The number of likely N-dealkylation sites (N-methyl/N-ethyl adjacent to an activating group) is 1. The number of hydrogen-bond acceptors (Lipinski definition) is 2. The zero-order valence-electron chi connectivity index (χ0n) is 11.4. The van der Waals surface area contributed by atoms with Crippen molar-refractivity contribution in [3.05, 3.63) is 35.9 Å². The normalized spacial score (nSPS) is 20.9. The second-order valence-corrected chi connectivity index (χ2v) is 5.62. The Balaban J connectivity index is 2.06. The number of carbonyl (C=O) groups excluding carboxylic acids is 1. The van der Waals surface area contributed by atoms with Gasteiger partial charge in [0.1, 0.15) is 0 Å². The van der Waals surface area contributed by atoms with E-state index in [4.69, 9.17) is 0 Å². The highest BCUT2D eigenvalue weighted by molar-refractivity contribution is 5.82. The standard InChI is InChI=1S/C15H22N2O/c1-15(2,12-8-5-4-6-9-12)16-14(18)13-10-7-11-17(13)3/h4-6,8-9,13H,7,10-11H2,1-3H3,(H,16,18)/t13-/m0/s1. The van der Waals surface area contributed by atoms with E-state index in [-0.39, 0.29) is 17.5 Å². The molecule has 1 aromatic carbocycles. The first kappa shape index (κ1) is 13.1. The van der Waals surface area contributed by atoms with E-state index >= 15 is 0 Å². The van der Waals surface area contributed by atoms with Crippen molar-refractivity contribution in [2.24, 2.45) is 0 Å². The first-order valence-electron chi connectivity index (χ1n) is 6.58. The highest BCUT2D eigenvalue weighted by Crippen LogP contribution is 2.22. The molecule has 3 nitrogen and oxygen atoms in total. The number of nitrogens with one attached hydrogen (secondary N) is 1. The number of hydrogen-bond donors (Lipinski definition) is 1. The quantitative estimate of drug-likeness (QED) is 0.886. The lowest BCUT2D eigenvalue weighted by atomic mass is 9.94. The van der Waals surface area contributed by atoms with Crippen LogP contribution >= 0.6 is 0 Å². The van der Waals surface area contributed by atoms with Crippen LogP contribution in [0.2, 0.25) is 0 Å². The maximum atomic E-state index is 12.3. The summed E-state index contributed by atoms with van der Waals surface area (Å²) < 4.78 is 0. The predicted octanol–water partition coefficient (Wildman–Crippen LogP) is 2.13. The van der Waals surface area contributed by atoms with Crippen LogP contribution in [-0.2, 0) is 10.3 Å². The van der Waals surface area contributed by atoms with Gasteiger partial charge in [-0.2, -0.15) is 0 Å². The van der Waals surface area contributed by atoms with Crippen molar-refractivity contribution in [2.75, 3.05) is 13.6 Å². The third kappa shape index (κ3) is 2.72. The molecular formula is C15H22N2O. The Morgan fingerprint density at radius 3 is 2.56 bits per heavy atom. The minimum absolute atomic E-state index is 0.0352. The van der Waals surface area contributed by atoms with Crippen LogP contribution in [0.4, 0.5) is 0 Å². The minimum Gasteiger partial charge on any atom is -0.346 e. The fraction of sp³-hybridized carbons (Fsp3) is 0.533. The lowest BCUT2D eigenvalue weighted by molar-refractivity contribution is -0.126. The number of benzene rings is 1. The third-order valence-corrected chi connectivity index (χ3v) is 3.75. The van der Waals surface area contributed by atoms with Crippen LogP contribution in [-0.4, -0.2) is 30.4 Å². The highest BCUT2D eigenvalue weighted by Gasteiger charge is 2.31. The van der Waals surface area contributed by atoms with E-state index in [2.05, 4.69) is 36.2 Å². The van der Waals surface area contributed by atoms with E-state index in [1.807, 2.05) is 25.2 Å². The summed E-state index contributed by atoms with van der Waals surface area (Å²) in [6.07, 6.45) is 2.08. The smallest absolute Gasteiger partial charge is 0.238 e. The zero-order chi connectivity index (χ0) is 13.2. The van der Waals surface area contributed by atoms with Gasteiger partial charge in [0.05, 0.1) is 11.6 Å². The second kappa shape index (κ2) is 5.11. The Kier molecular flexibility index (Phi) is 3.71. The van der Waals surface area contributed by atoms with E-state index in [0.29, 0.717) is 0 Å². The highest BCUT2D eigenvalue weighted by atomic mass is 16.2. The molecule has 2 rings (SSSR count). The van der Waals surface area contributed by atoms with Crippen molar-refractivity contribution in [3.63, 3.8) is 0 Å². The van der Waals surface area contributed by atoms with Gasteiger partial charge in [-0.05, 0) is 45.8 Å². The zero-order valence-corrected chi connectivity index (χ0v) is 11.4. The summed E-state index contributed by atoms with van der Waals surface area (Å²) in [5.41, 5.74) is 0.820. The molecule has 1 aliphatic heterocycles. The van der Waals surface area contributed by atoms with Crippen LogP contribution in [0.25, 0.3) is 0 Å². The molecule has 0 saturated carbocycles. The summed E-state index contributed by atoms with van der Waals surface area (Å²) in [4.78, 5) is 14.4. The third-order valence-electron chi connectivity index (χ3n) is 3.75. The van der Waals surface area contributed by atoms with E-state index in [9.17, 15) is 4.79 Å². The molecule has 1 aliphatic rings. The summed E-state index contributed by atoms with van der Waals surface area (Å²) in [5.74, 6) is 0.142. The van der Waals surface area contributed by atoms with Crippen molar-refractivity contribution >= 4 is 5.91 Å². The van der Waals surface area contributed by atoms with Gasteiger partial charge in [-0.3, -0.25) is 9.69 Å². The van der Waals surface area contributed by atoms with Crippen LogP contribution < -0.4 is 5.32 Å². The van der Waals surface area contributed by atoms with Gasteiger partial charge in [-0.1, -0.05) is 30.3 Å². The number of amides is 1. The monoisotopic (exact) mass is 246 g/mol. The second-order valence-electron chi connectivity index (χ2n) is 5.62. The summed E-state index contributed by atoms with van der Waals surface area (Å²) in [6.45, 7) is 5.12. The molecule has 1 heterocycles. The summed E-state index contributed by atoms with van der Waals surface area (Å²) in [7, 11) is 2.02. The van der Waals surface area contributed by atoms with Crippen molar-refractivity contribution < 1.29 is 4.79 Å². The predicted molar refractivity (Wildman–Crippen MR) is 73.3 cm³/mol. The molecule has 1 aromatic rings. The van der Waals surface area contributed by atoms with Gasteiger partial charge in [0.15, 0.2) is 0 Å². The molecule has 0 unspecified atom stereocenters. The molecule has 98 valence electrons. The number of carbonyl (C=O) groups is 1. The van der Waals surface area contributed by atoms with E-state index in [1.165, 1.54) is 0 Å². The number of nitrogens with zero attached hydrogens (tertiary/aromatic N) is 1. The molecule has 1 atom stereocenters. The molecule has 1 N–H and O–H groups in total. The van der Waals surface area contributed by atoms with E-state index < -0.39 is 0 Å². The fourth-order valence-electron chi connectivity index (χ4n) is 2.56. The largest absolute Gasteiger partial charge is 0.346 e. The number of rotatable bonds is 3. The van der Waals surface area contributed by atoms with Gasteiger partial charge in [0.25, 0.3) is 0 Å². The Morgan fingerprint density at radius 2 is 2.00 bits per heavy atom. The first-order valence-corrected chi connectivity index (χ1v) is 6.58. The van der Waals surface area contributed by atoms with Crippen LogP contribution in [0, 0.1) is 0 Å². The van der Waals surface area contributed by atoms with Crippen LogP contribution in [0.3, 0.4) is 0 Å². The van der Waals surface area contributed by atoms with Gasteiger partial charge in [-0.25, -0.2) is 0 Å². The number of likely N-dealkylation sites (tertiary alicyclic amines) is 1. The van der Waals surface area contributed by atoms with Crippen LogP contribution in [0.15, 0.2) is 30.3 Å². The van der Waals surface area contributed by atoms with E-state index in [1.54, 1.807) is 0 Å². The van der Waals surface area contributed by atoms with Crippen molar-refractivity contribution in [3.8, 4) is 0 Å². The lowest BCUT2D eigenvalue weighted by Crippen LogP contribution is -2.49. The Bertz CT molecular complexity index is 414. The molecule has 1 fully saturated rings. The SMILES string of the molecule is CN1CCC[C@H]1C(=O)NC(C)(C)c1ccccc1. The first-order chi connectivity index (χ1) is 8.50. The summed E-state index contributed by atoms with van der Waals surface area (Å²) in [6, 6.07) is 10.1. The maximum absolute atomic E-state index is 12.3. The summed E-state index contributed by atoms with van der Waals surface area (Å²) >= 11 is 0. The lowest BCUT2D eigenvalue weighted by Gasteiger charge is -2.30. The van der Waals surface area contributed by atoms with Gasteiger partial charge >= 0.3 is 0 Å². The molecule has 0 aromatic heterocycles.